The van der Waals surface area contributed by atoms with Gasteiger partial charge in [-0.05, 0) is 24.3 Å². The Labute approximate surface area is 116 Å². The van der Waals surface area contributed by atoms with Gasteiger partial charge in [0.25, 0.3) is 0 Å². The molecule has 0 bridgehead atoms. The Hall–Kier alpha value is -1.85. The number of aromatic nitrogens is 2. The van der Waals surface area contributed by atoms with Gasteiger partial charge in [0.05, 0.1) is 6.33 Å². The fourth-order valence-electron chi connectivity index (χ4n) is 1.44. The number of ether oxygens (including phenoxy) is 1. The standard InChI is InChI=1S/C13H14FN3O.ClH/c14-7-10(8-15)9-18-12-3-1-11(2-4-12)13-16-5-6-17-13;/h1-7H,8-9,15H2,(H,16,17);1H/b10-7+;. The zero-order valence-electron chi connectivity index (χ0n) is 10.2. The minimum absolute atomic E-state index is 0. The molecule has 19 heavy (non-hydrogen) atoms. The van der Waals surface area contributed by atoms with Crippen molar-refractivity contribution in [2.75, 3.05) is 13.2 Å². The van der Waals surface area contributed by atoms with Gasteiger partial charge in [-0.2, -0.15) is 0 Å². The molecule has 0 aliphatic carbocycles. The van der Waals surface area contributed by atoms with E-state index < -0.39 is 0 Å². The molecule has 2 aromatic rings. The Kier molecular flexibility index (Phi) is 6.05. The molecular weight excluding hydrogens is 269 g/mol. The van der Waals surface area contributed by atoms with Crippen LogP contribution in [0, 0.1) is 0 Å². The summed E-state index contributed by atoms with van der Waals surface area (Å²) in [4.78, 5) is 7.16. The SMILES string of the molecule is Cl.NC/C(=C\F)COc1ccc(-c2ncc[nH]2)cc1. The maximum absolute atomic E-state index is 12.3. The number of hydrogen-bond acceptors (Lipinski definition) is 3. The molecule has 3 N–H and O–H groups in total. The minimum atomic E-state index is 0. The Bertz CT molecular complexity index is 511. The number of rotatable bonds is 5. The van der Waals surface area contributed by atoms with Crippen LogP contribution < -0.4 is 10.5 Å². The zero-order valence-corrected chi connectivity index (χ0v) is 11.0. The van der Waals surface area contributed by atoms with Gasteiger partial charge in [-0.1, -0.05) is 0 Å². The third-order valence-corrected chi connectivity index (χ3v) is 2.47. The molecule has 0 aliphatic rings. The van der Waals surface area contributed by atoms with Crippen molar-refractivity contribution in [3.05, 3.63) is 48.6 Å². The van der Waals surface area contributed by atoms with Gasteiger partial charge in [-0.15, -0.1) is 12.4 Å². The second-order valence-electron chi connectivity index (χ2n) is 3.72. The van der Waals surface area contributed by atoms with E-state index in [9.17, 15) is 4.39 Å². The van der Waals surface area contributed by atoms with Crippen LogP contribution in [0.1, 0.15) is 0 Å². The number of benzene rings is 1. The summed E-state index contributed by atoms with van der Waals surface area (Å²) in [6.07, 6.45) is 3.94. The summed E-state index contributed by atoms with van der Waals surface area (Å²) in [5.41, 5.74) is 6.72. The Morgan fingerprint density at radius 3 is 2.63 bits per heavy atom. The number of hydrogen-bond donors (Lipinski definition) is 2. The topological polar surface area (TPSA) is 63.9 Å². The van der Waals surface area contributed by atoms with Crippen LogP contribution in [0.3, 0.4) is 0 Å². The molecule has 6 heteroatoms. The number of imidazole rings is 1. The van der Waals surface area contributed by atoms with Crippen molar-refractivity contribution in [2.45, 2.75) is 0 Å². The maximum atomic E-state index is 12.3. The second kappa shape index (κ2) is 7.56. The van der Waals surface area contributed by atoms with E-state index in [2.05, 4.69) is 9.97 Å². The predicted molar refractivity (Wildman–Crippen MR) is 75.0 cm³/mol. The van der Waals surface area contributed by atoms with Crippen molar-refractivity contribution in [2.24, 2.45) is 5.73 Å². The number of aromatic amines is 1. The van der Waals surface area contributed by atoms with Crippen molar-refractivity contribution in [3.8, 4) is 17.1 Å². The molecule has 0 amide bonds. The van der Waals surface area contributed by atoms with Gasteiger partial charge >= 0.3 is 0 Å². The highest BCUT2D eigenvalue weighted by atomic mass is 35.5. The number of nitrogens with zero attached hydrogens (tertiary/aromatic N) is 1. The van der Waals surface area contributed by atoms with Gasteiger partial charge in [-0.3, -0.25) is 0 Å². The lowest BCUT2D eigenvalue weighted by molar-refractivity contribution is 0.347. The monoisotopic (exact) mass is 283 g/mol. The Morgan fingerprint density at radius 2 is 2.11 bits per heavy atom. The van der Waals surface area contributed by atoms with E-state index in [1.54, 1.807) is 12.4 Å². The van der Waals surface area contributed by atoms with Crippen molar-refractivity contribution in [1.29, 1.82) is 0 Å². The summed E-state index contributed by atoms with van der Waals surface area (Å²) >= 11 is 0. The van der Waals surface area contributed by atoms with Gasteiger partial charge in [0.1, 0.15) is 18.2 Å². The molecule has 4 nitrogen and oxygen atoms in total. The molecule has 1 aromatic carbocycles. The van der Waals surface area contributed by atoms with E-state index in [-0.39, 0.29) is 25.6 Å². The van der Waals surface area contributed by atoms with Crippen LogP contribution in [0.4, 0.5) is 4.39 Å². The van der Waals surface area contributed by atoms with Crippen molar-refractivity contribution < 1.29 is 9.13 Å². The van der Waals surface area contributed by atoms with E-state index in [1.165, 1.54) is 0 Å². The van der Waals surface area contributed by atoms with Crippen molar-refractivity contribution >= 4 is 12.4 Å². The van der Waals surface area contributed by atoms with Gasteiger partial charge in [-0.25, -0.2) is 9.37 Å². The Morgan fingerprint density at radius 1 is 1.37 bits per heavy atom. The zero-order chi connectivity index (χ0) is 12.8. The molecule has 1 aromatic heterocycles. The number of halogens is 2. The van der Waals surface area contributed by atoms with Crippen molar-refractivity contribution in [3.63, 3.8) is 0 Å². The highest BCUT2D eigenvalue weighted by Crippen LogP contribution is 2.19. The number of nitrogens with two attached hydrogens (primary N) is 1. The normalized spacial score (nSPS) is 10.9. The van der Waals surface area contributed by atoms with Crippen LogP contribution in [0.25, 0.3) is 11.4 Å². The van der Waals surface area contributed by atoms with Gasteiger partial charge in [0, 0.05) is 30.1 Å². The molecule has 0 spiro atoms. The van der Waals surface area contributed by atoms with Crippen LogP contribution in [0.5, 0.6) is 5.75 Å². The predicted octanol–water partition coefficient (Wildman–Crippen LogP) is 2.69. The molecule has 0 atom stereocenters. The first kappa shape index (κ1) is 15.2. The first-order valence-corrected chi connectivity index (χ1v) is 5.54. The lowest BCUT2D eigenvalue weighted by Crippen LogP contribution is -2.10. The molecule has 0 saturated heterocycles. The van der Waals surface area contributed by atoms with E-state index in [1.807, 2.05) is 24.3 Å². The fourth-order valence-corrected chi connectivity index (χ4v) is 1.44. The molecule has 0 aliphatic heterocycles. The molecule has 102 valence electrons. The van der Waals surface area contributed by atoms with Crippen LogP contribution in [0.15, 0.2) is 48.6 Å². The van der Waals surface area contributed by atoms with Gasteiger partial charge < -0.3 is 15.5 Å². The quantitative estimate of drug-likeness (QED) is 0.887. The summed E-state index contributed by atoms with van der Waals surface area (Å²) in [5.74, 6) is 1.46. The van der Waals surface area contributed by atoms with Crippen LogP contribution >= 0.6 is 12.4 Å². The van der Waals surface area contributed by atoms with E-state index >= 15 is 0 Å². The van der Waals surface area contributed by atoms with Gasteiger partial charge in [0.2, 0.25) is 0 Å². The Balaban J connectivity index is 0.00000180. The third kappa shape index (κ3) is 4.08. The highest BCUT2D eigenvalue weighted by Gasteiger charge is 2.01. The molecule has 0 fully saturated rings. The minimum Gasteiger partial charge on any atom is -0.489 e. The maximum Gasteiger partial charge on any atom is 0.137 e. The molecular formula is C13H15ClFN3O. The average molecular weight is 284 g/mol. The highest BCUT2D eigenvalue weighted by molar-refractivity contribution is 5.85. The first-order valence-electron chi connectivity index (χ1n) is 5.54. The average Bonchev–Trinajstić information content (AvgIpc) is 2.94. The van der Waals surface area contributed by atoms with Crippen molar-refractivity contribution in [1.82, 2.24) is 9.97 Å². The van der Waals surface area contributed by atoms with E-state index in [0.29, 0.717) is 17.7 Å². The lowest BCUT2D eigenvalue weighted by atomic mass is 10.2. The number of nitrogens with one attached hydrogen (secondary N) is 1. The summed E-state index contributed by atoms with van der Waals surface area (Å²) in [7, 11) is 0. The van der Waals surface area contributed by atoms with Gasteiger partial charge in [0.15, 0.2) is 0 Å². The van der Waals surface area contributed by atoms with Crippen LogP contribution in [-0.4, -0.2) is 23.1 Å². The molecule has 1 heterocycles. The largest absolute Gasteiger partial charge is 0.489 e. The summed E-state index contributed by atoms with van der Waals surface area (Å²) in [6, 6.07) is 7.39. The summed E-state index contributed by atoms with van der Waals surface area (Å²) in [6.45, 7) is 0.314. The third-order valence-electron chi connectivity index (χ3n) is 2.47. The second-order valence-corrected chi connectivity index (χ2v) is 3.72. The smallest absolute Gasteiger partial charge is 0.137 e. The first-order chi connectivity index (χ1) is 8.83. The summed E-state index contributed by atoms with van der Waals surface area (Å²) in [5, 5.41) is 0. The molecule has 0 saturated carbocycles. The molecule has 2 rings (SSSR count). The summed E-state index contributed by atoms with van der Waals surface area (Å²) < 4.78 is 17.7. The van der Waals surface area contributed by atoms with E-state index in [4.69, 9.17) is 10.5 Å². The van der Waals surface area contributed by atoms with Crippen LogP contribution in [-0.2, 0) is 0 Å². The lowest BCUT2D eigenvalue weighted by Gasteiger charge is -2.07. The molecule has 0 unspecified atom stereocenters. The van der Waals surface area contributed by atoms with E-state index in [0.717, 1.165) is 11.4 Å². The fraction of sp³-hybridized carbons (Fsp3) is 0.154. The number of H-pyrrole nitrogens is 1. The van der Waals surface area contributed by atoms with Crippen LogP contribution in [0.2, 0.25) is 0 Å². The molecule has 0 radical (unpaired) electrons.